The zero-order valence-electron chi connectivity index (χ0n) is 11.9. The molecule has 0 aliphatic rings. The lowest BCUT2D eigenvalue weighted by Crippen LogP contribution is -2.26. The Balaban J connectivity index is 2.45. The van der Waals surface area contributed by atoms with E-state index < -0.39 is 10.0 Å². The van der Waals surface area contributed by atoms with E-state index in [1.54, 1.807) is 0 Å². The molecule has 21 heavy (non-hydrogen) atoms. The third kappa shape index (κ3) is 6.15. The summed E-state index contributed by atoms with van der Waals surface area (Å²) in [4.78, 5) is 3.83. The Labute approximate surface area is 130 Å². The van der Waals surface area contributed by atoms with Gasteiger partial charge >= 0.3 is 0 Å². The van der Waals surface area contributed by atoms with Gasteiger partial charge in [-0.15, -0.1) is 0 Å². The van der Waals surface area contributed by atoms with Crippen molar-refractivity contribution in [3.8, 4) is 0 Å². The Morgan fingerprint density at radius 2 is 2.10 bits per heavy atom. The van der Waals surface area contributed by atoms with Crippen LogP contribution < -0.4 is 16.0 Å². The lowest BCUT2D eigenvalue weighted by Gasteiger charge is -2.08. The molecule has 9 heteroatoms. The predicted molar refractivity (Wildman–Crippen MR) is 82.6 cm³/mol. The van der Waals surface area contributed by atoms with Crippen LogP contribution in [0.2, 0.25) is 5.02 Å². The normalized spacial score (nSPS) is 11.6. The van der Waals surface area contributed by atoms with E-state index in [4.69, 9.17) is 22.2 Å². The maximum Gasteiger partial charge on any atom is 0.242 e. The molecule has 0 radical (unpaired) electrons. The number of nitrogen functional groups attached to an aromatic ring is 1. The van der Waals surface area contributed by atoms with Gasteiger partial charge in [0.2, 0.25) is 10.0 Å². The Hall–Kier alpha value is -0.930. The summed E-state index contributed by atoms with van der Waals surface area (Å²) in [5, 5.41) is 0.142. The van der Waals surface area contributed by atoms with Crippen molar-refractivity contribution >= 4 is 27.4 Å². The topological polar surface area (TPSA) is 106 Å². The molecule has 0 bridgehead atoms. The van der Waals surface area contributed by atoms with Gasteiger partial charge in [-0.1, -0.05) is 24.9 Å². The van der Waals surface area contributed by atoms with Crippen molar-refractivity contribution in [2.45, 2.75) is 31.1 Å². The number of nitrogens with zero attached hydrogens (tertiary/aromatic N) is 1. The standard InChI is InChI=1S/C12H21ClN4O3S/c1-2-3-6-20-7-4-5-16-21(18,19)10-8-11(13)12(17-14)15-9-10/h8-9,16H,2-7,14H2,1H3,(H,15,17). The Morgan fingerprint density at radius 1 is 1.38 bits per heavy atom. The van der Waals surface area contributed by atoms with Crippen molar-refractivity contribution in [2.75, 3.05) is 25.2 Å². The van der Waals surface area contributed by atoms with Gasteiger partial charge in [-0.25, -0.2) is 24.0 Å². The number of hydrazine groups is 1. The van der Waals surface area contributed by atoms with E-state index in [-0.39, 0.29) is 15.7 Å². The molecular formula is C12H21ClN4O3S. The highest BCUT2D eigenvalue weighted by Crippen LogP contribution is 2.21. The summed E-state index contributed by atoms with van der Waals surface area (Å²) < 4.78 is 31.9. The van der Waals surface area contributed by atoms with Crippen LogP contribution in [0, 0.1) is 0 Å². The van der Waals surface area contributed by atoms with Crippen LogP contribution in [-0.4, -0.2) is 33.2 Å². The second-order valence-corrected chi connectivity index (χ2v) is 6.54. The van der Waals surface area contributed by atoms with Crippen LogP contribution in [0.3, 0.4) is 0 Å². The van der Waals surface area contributed by atoms with Crippen LogP contribution in [0.15, 0.2) is 17.2 Å². The van der Waals surface area contributed by atoms with E-state index in [1.807, 2.05) is 0 Å². The molecule has 0 amide bonds. The number of hydrogen-bond acceptors (Lipinski definition) is 6. The number of hydrogen-bond donors (Lipinski definition) is 3. The molecule has 1 heterocycles. The number of unbranched alkanes of at least 4 members (excludes halogenated alkanes) is 1. The van der Waals surface area contributed by atoms with Gasteiger partial charge in [0.15, 0.2) is 5.82 Å². The van der Waals surface area contributed by atoms with Crippen molar-refractivity contribution in [1.29, 1.82) is 0 Å². The molecule has 1 aromatic heterocycles. The number of sulfonamides is 1. The smallest absolute Gasteiger partial charge is 0.242 e. The highest BCUT2D eigenvalue weighted by molar-refractivity contribution is 7.89. The van der Waals surface area contributed by atoms with Gasteiger partial charge < -0.3 is 10.2 Å². The van der Waals surface area contributed by atoms with Crippen LogP contribution in [0.4, 0.5) is 5.82 Å². The zero-order valence-corrected chi connectivity index (χ0v) is 13.5. The zero-order chi connectivity index (χ0) is 15.7. The lowest BCUT2D eigenvalue weighted by molar-refractivity contribution is 0.130. The first kappa shape index (κ1) is 18.1. The van der Waals surface area contributed by atoms with Crippen LogP contribution >= 0.6 is 11.6 Å². The van der Waals surface area contributed by atoms with Crippen molar-refractivity contribution in [1.82, 2.24) is 9.71 Å². The molecule has 0 unspecified atom stereocenters. The number of ether oxygens (including phenoxy) is 1. The highest BCUT2D eigenvalue weighted by atomic mass is 35.5. The van der Waals surface area contributed by atoms with E-state index in [0.29, 0.717) is 26.2 Å². The average molecular weight is 337 g/mol. The number of anilines is 1. The number of pyridine rings is 1. The molecule has 4 N–H and O–H groups in total. The summed E-state index contributed by atoms with van der Waals surface area (Å²) in [5.74, 6) is 5.40. The van der Waals surface area contributed by atoms with Crippen molar-refractivity contribution in [2.24, 2.45) is 5.84 Å². The minimum absolute atomic E-state index is 0.00148. The summed E-state index contributed by atoms with van der Waals surface area (Å²) in [6.07, 6.45) is 3.89. The van der Waals surface area contributed by atoms with Crippen LogP contribution in [0.5, 0.6) is 0 Å². The summed E-state index contributed by atoms with van der Waals surface area (Å²) in [7, 11) is -3.63. The second kappa shape index (κ2) is 9.16. The van der Waals surface area contributed by atoms with Gasteiger partial charge in [0, 0.05) is 26.0 Å². The van der Waals surface area contributed by atoms with Crippen LogP contribution in [0.1, 0.15) is 26.2 Å². The van der Waals surface area contributed by atoms with Gasteiger partial charge in [-0.3, -0.25) is 0 Å². The van der Waals surface area contributed by atoms with Gasteiger partial charge in [0.05, 0.1) is 5.02 Å². The molecule has 0 saturated heterocycles. The summed E-state index contributed by atoms with van der Waals surface area (Å²) >= 11 is 5.85. The van der Waals surface area contributed by atoms with E-state index in [0.717, 1.165) is 12.8 Å². The van der Waals surface area contributed by atoms with Gasteiger partial charge in [-0.2, -0.15) is 0 Å². The molecule has 0 fully saturated rings. The van der Waals surface area contributed by atoms with Crippen molar-refractivity contribution in [3.63, 3.8) is 0 Å². The number of rotatable bonds is 10. The Bertz CT molecular complexity index is 539. The molecule has 7 nitrogen and oxygen atoms in total. The number of nitrogens with two attached hydrogens (primary N) is 1. The minimum atomic E-state index is -3.63. The van der Waals surface area contributed by atoms with E-state index in [1.165, 1.54) is 12.3 Å². The molecule has 0 saturated carbocycles. The van der Waals surface area contributed by atoms with Crippen molar-refractivity contribution in [3.05, 3.63) is 17.3 Å². The fourth-order valence-corrected chi connectivity index (χ4v) is 2.82. The second-order valence-electron chi connectivity index (χ2n) is 4.36. The first-order valence-corrected chi connectivity index (χ1v) is 8.57. The maximum atomic E-state index is 12.0. The van der Waals surface area contributed by atoms with Crippen LogP contribution in [0.25, 0.3) is 0 Å². The minimum Gasteiger partial charge on any atom is -0.381 e. The Kier molecular flexibility index (Phi) is 7.91. The molecule has 120 valence electrons. The first-order chi connectivity index (χ1) is 10.0. The highest BCUT2D eigenvalue weighted by Gasteiger charge is 2.15. The monoisotopic (exact) mass is 336 g/mol. The van der Waals surface area contributed by atoms with Gasteiger partial charge in [0.1, 0.15) is 4.90 Å². The molecule has 0 spiro atoms. The fraction of sp³-hybridized carbons (Fsp3) is 0.583. The average Bonchev–Trinajstić information content (AvgIpc) is 2.46. The Morgan fingerprint density at radius 3 is 2.71 bits per heavy atom. The maximum absolute atomic E-state index is 12.0. The molecule has 1 rings (SSSR count). The lowest BCUT2D eigenvalue weighted by atomic mass is 10.4. The molecule has 0 aromatic carbocycles. The van der Waals surface area contributed by atoms with Crippen molar-refractivity contribution < 1.29 is 13.2 Å². The summed E-state index contributed by atoms with van der Waals surface area (Å²) in [6, 6.07) is 1.30. The molecule has 1 aromatic rings. The molecule has 0 aliphatic carbocycles. The van der Waals surface area contributed by atoms with Gasteiger partial charge in [0.25, 0.3) is 0 Å². The fourth-order valence-electron chi connectivity index (χ4n) is 1.49. The SMILES string of the molecule is CCCCOCCCNS(=O)(=O)c1cnc(NN)c(Cl)c1. The number of halogens is 1. The van der Waals surface area contributed by atoms with E-state index >= 15 is 0 Å². The quantitative estimate of drug-likeness (QED) is 0.339. The predicted octanol–water partition coefficient (Wildman–Crippen LogP) is 1.51. The third-order valence-electron chi connectivity index (χ3n) is 2.66. The van der Waals surface area contributed by atoms with Gasteiger partial charge in [-0.05, 0) is 18.9 Å². The molecule has 0 atom stereocenters. The van der Waals surface area contributed by atoms with E-state index in [9.17, 15) is 8.42 Å². The molecule has 0 aliphatic heterocycles. The number of aromatic nitrogens is 1. The number of nitrogens with one attached hydrogen (secondary N) is 2. The molecular weight excluding hydrogens is 316 g/mol. The van der Waals surface area contributed by atoms with Crippen LogP contribution in [-0.2, 0) is 14.8 Å². The largest absolute Gasteiger partial charge is 0.381 e. The van der Waals surface area contributed by atoms with E-state index in [2.05, 4.69) is 22.1 Å². The summed E-state index contributed by atoms with van der Waals surface area (Å²) in [6.45, 7) is 3.61. The first-order valence-electron chi connectivity index (χ1n) is 6.71. The third-order valence-corrected chi connectivity index (χ3v) is 4.38. The summed E-state index contributed by atoms with van der Waals surface area (Å²) in [5.41, 5.74) is 2.28.